The lowest BCUT2D eigenvalue weighted by Crippen LogP contribution is -2.22. The molecule has 0 atom stereocenters. The molecule has 5 heteroatoms. The molecule has 0 spiro atoms. The van der Waals surface area contributed by atoms with Crippen molar-refractivity contribution >= 4 is 28.9 Å². The zero-order valence-corrected chi connectivity index (χ0v) is 17.5. The van der Waals surface area contributed by atoms with Gasteiger partial charge in [-0.1, -0.05) is 32.9 Å². The van der Waals surface area contributed by atoms with Gasteiger partial charge in [0.1, 0.15) is 6.42 Å². The van der Waals surface area contributed by atoms with E-state index in [1.807, 2.05) is 48.5 Å². The fraction of sp³-hybridized carbons (Fsp3) is 0.391. The van der Waals surface area contributed by atoms with E-state index in [1.54, 1.807) is 0 Å². The van der Waals surface area contributed by atoms with Crippen molar-refractivity contribution in [1.29, 1.82) is 0 Å². The van der Waals surface area contributed by atoms with Gasteiger partial charge in [-0.15, -0.1) is 0 Å². The second-order valence-electron chi connectivity index (χ2n) is 7.82. The van der Waals surface area contributed by atoms with Crippen LogP contribution in [0.2, 0.25) is 0 Å². The molecule has 0 fully saturated rings. The van der Waals surface area contributed by atoms with E-state index in [9.17, 15) is 9.59 Å². The Morgan fingerprint density at radius 3 is 1.61 bits per heavy atom. The summed E-state index contributed by atoms with van der Waals surface area (Å²) in [6.07, 6.45) is -0.223. The molecule has 2 aromatic rings. The molecule has 0 saturated carbocycles. The maximum Gasteiger partial charge on any atom is 0.233 e. The van der Waals surface area contributed by atoms with Crippen LogP contribution in [0.25, 0.3) is 0 Å². The molecule has 0 aliphatic heterocycles. The molecule has 5 nitrogen and oxygen atoms in total. The first-order valence-corrected chi connectivity index (χ1v) is 9.78. The first kappa shape index (κ1) is 21.5. The van der Waals surface area contributed by atoms with Crippen LogP contribution in [-0.4, -0.2) is 24.9 Å². The molecule has 2 rings (SSSR count). The SMILES string of the molecule is CCN(CC)c1ccc(NC(=O)CC(=O)Nc2ccc(C(C)(C)C)cc2)cc1. The minimum absolute atomic E-state index is 0.0588. The molecule has 28 heavy (non-hydrogen) atoms. The van der Waals surface area contributed by atoms with Gasteiger partial charge in [-0.2, -0.15) is 0 Å². The van der Waals surface area contributed by atoms with Crippen molar-refractivity contribution in [2.24, 2.45) is 0 Å². The van der Waals surface area contributed by atoms with Gasteiger partial charge in [0.15, 0.2) is 0 Å². The number of nitrogens with one attached hydrogen (secondary N) is 2. The quantitative estimate of drug-likeness (QED) is 0.678. The lowest BCUT2D eigenvalue weighted by atomic mass is 9.87. The topological polar surface area (TPSA) is 61.4 Å². The Hall–Kier alpha value is -2.82. The predicted octanol–water partition coefficient (Wildman–Crippen LogP) is 4.80. The zero-order chi connectivity index (χ0) is 20.7. The van der Waals surface area contributed by atoms with E-state index < -0.39 is 0 Å². The van der Waals surface area contributed by atoms with Gasteiger partial charge in [-0.3, -0.25) is 9.59 Å². The second kappa shape index (κ2) is 9.40. The molecule has 0 unspecified atom stereocenters. The highest BCUT2D eigenvalue weighted by atomic mass is 16.2. The van der Waals surface area contributed by atoms with Gasteiger partial charge < -0.3 is 15.5 Å². The number of amides is 2. The van der Waals surface area contributed by atoms with Crippen LogP contribution in [0.4, 0.5) is 17.1 Å². The maximum atomic E-state index is 12.1. The van der Waals surface area contributed by atoms with Gasteiger partial charge in [-0.05, 0) is 61.2 Å². The van der Waals surface area contributed by atoms with E-state index in [0.717, 1.165) is 18.8 Å². The molecule has 0 radical (unpaired) electrons. The van der Waals surface area contributed by atoms with Crippen LogP contribution >= 0.6 is 0 Å². The molecule has 2 amide bonds. The Morgan fingerprint density at radius 1 is 0.786 bits per heavy atom. The molecular weight excluding hydrogens is 350 g/mol. The number of hydrogen-bond acceptors (Lipinski definition) is 3. The average Bonchev–Trinajstić information content (AvgIpc) is 2.63. The summed E-state index contributed by atoms with van der Waals surface area (Å²) in [6, 6.07) is 15.4. The van der Waals surface area contributed by atoms with E-state index in [0.29, 0.717) is 11.4 Å². The van der Waals surface area contributed by atoms with Crippen molar-refractivity contribution < 1.29 is 9.59 Å². The van der Waals surface area contributed by atoms with Gasteiger partial charge in [0.25, 0.3) is 0 Å². The Bertz CT molecular complexity index is 786. The Kier molecular flexibility index (Phi) is 7.21. The molecule has 0 heterocycles. The molecule has 0 bridgehead atoms. The lowest BCUT2D eigenvalue weighted by molar-refractivity contribution is -0.123. The van der Waals surface area contributed by atoms with E-state index in [4.69, 9.17) is 0 Å². The smallest absolute Gasteiger partial charge is 0.233 e. The minimum Gasteiger partial charge on any atom is -0.372 e. The molecule has 0 saturated heterocycles. The molecule has 0 aromatic heterocycles. The van der Waals surface area contributed by atoms with Crippen LogP contribution in [0.5, 0.6) is 0 Å². The first-order valence-electron chi connectivity index (χ1n) is 9.78. The molecule has 2 N–H and O–H groups in total. The molecular formula is C23H31N3O2. The van der Waals surface area contributed by atoms with Crippen LogP contribution in [0.1, 0.15) is 46.6 Å². The summed E-state index contributed by atoms with van der Waals surface area (Å²) < 4.78 is 0. The van der Waals surface area contributed by atoms with Crippen molar-refractivity contribution in [3.05, 3.63) is 54.1 Å². The van der Waals surface area contributed by atoms with Gasteiger partial charge in [0.05, 0.1) is 0 Å². The summed E-state index contributed by atoms with van der Waals surface area (Å²) in [5.41, 5.74) is 3.73. The van der Waals surface area contributed by atoms with Gasteiger partial charge in [0.2, 0.25) is 11.8 Å². The summed E-state index contributed by atoms with van der Waals surface area (Å²) in [4.78, 5) is 26.5. The number of nitrogens with zero attached hydrogens (tertiary/aromatic N) is 1. The van der Waals surface area contributed by atoms with Crippen molar-refractivity contribution in [2.45, 2.75) is 46.5 Å². The summed E-state index contributed by atoms with van der Waals surface area (Å²) in [5.74, 6) is -0.667. The molecule has 2 aromatic carbocycles. The summed E-state index contributed by atoms with van der Waals surface area (Å²) in [7, 11) is 0. The van der Waals surface area contributed by atoms with E-state index in [1.165, 1.54) is 5.56 Å². The number of carbonyl (C=O) groups is 2. The van der Waals surface area contributed by atoms with Crippen LogP contribution in [0.15, 0.2) is 48.5 Å². The van der Waals surface area contributed by atoms with Crippen LogP contribution in [-0.2, 0) is 15.0 Å². The Balaban J connectivity index is 1.88. The fourth-order valence-electron chi connectivity index (χ4n) is 2.95. The molecule has 0 aliphatic rings. The van der Waals surface area contributed by atoms with Crippen molar-refractivity contribution in [2.75, 3.05) is 28.6 Å². The van der Waals surface area contributed by atoms with Crippen LogP contribution in [0.3, 0.4) is 0 Å². The van der Waals surface area contributed by atoms with E-state index >= 15 is 0 Å². The van der Waals surface area contributed by atoms with Crippen LogP contribution < -0.4 is 15.5 Å². The third kappa shape index (κ3) is 6.12. The minimum atomic E-state index is -0.334. The number of carbonyl (C=O) groups excluding carboxylic acids is 2. The number of hydrogen-bond donors (Lipinski definition) is 2. The monoisotopic (exact) mass is 381 g/mol. The predicted molar refractivity (Wildman–Crippen MR) is 117 cm³/mol. The molecule has 150 valence electrons. The molecule has 0 aliphatic carbocycles. The fourth-order valence-corrected chi connectivity index (χ4v) is 2.95. The van der Waals surface area contributed by atoms with Crippen molar-refractivity contribution in [1.82, 2.24) is 0 Å². The third-order valence-electron chi connectivity index (χ3n) is 4.64. The maximum absolute atomic E-state index is 12.1. The van der Waals surface area contributed by atoms with E-state index in [2.05, 4.69) is 50.2 Å². The highest BCUT2D eigenvalue weighted by Gasteiger charge is 2.14. The van der Waals surface area contributed by atoms with Gasteiger partial charge in [-0.25, -0.2) is 0 Å². The standard InChI is InChI=1S/C23H31N3O2/c1-6-26(7-2)20-14-12-19(13-15-20)25-22(28)16-21(27)24-18-10-8-17(9-11-18)23(3,4)5/h8-15H,6-7,16H2,1-5H3,(H,24,27)(H,25,28). The van der Waals surface area contributed by atoms with Crippen molar-refractivity contribution in [3.8, 4) is 0 Å². The Labute approximate surface area is 168 Å². The normalized spacial score (nSPS) is 11.0. The third-order valence-corrected chi connectivity index (χ3v) is 4.64. The van der Waals surface area contributed by atoms with Crippen LogP contribution in [0, 0.1) is 0 Å². The van der Waals surface area contributed by atoms with E-state index in [-0.39, 0.29) is 23.7 Å². The number of anilines is 3. The van der Waals surface area contributed by atoms with Gasteiger partial charge in [0, 0.05) is 30.2 Å². The summed E-state index contributed by atoms with van der Waals surface area (Å²) in [6.45, 7) is 12.5. The Morgan fingerprint density at radius 2 is 1.21 bits per heavy atom. The number of rotatable bonds is 7. The highest BCUT2D eigenvalue weighted by molar-refractivity contribution is 6.08. The zero-order valence-electron chi connectivity index (χ0n) is 17.5. The van der Waals surface area contributed by atoms with Crippen molar-refractivity contribution in [3.63, 3.8) is 0 Å². The first-order chi connectivity index (χ1) is 13.2. The summed E-state index contributed by atoms with van der Waals surface area (Å²) in [5, 5.41) is 5.54. The largest absolute Gasteiger partial charge is 0.372 e. The van der Waals surface area contributed by atoms with Gasteiger partial charge >= 0.3 is 0 Å². The average molecular weight is 382 g/mol. The highest BCUT2D eigenvalue weighted by Crippen LogP contribution is 2.23. The lowest BCUT2D eigenvalue weighted by Gasteiger charge is -2.21. The number of benzene rings is 2. The summed E-state index contributed by atoms with van der Waals surface area (Å²) >= 11 is 0. The second-order valence-corrected chi connectivity index (χ2v) is 7.82.